The largest absolute Gasteiger partial charge is 0.478 e. The van der Waals surface area contributed by atoms with Gasteiger partial charge < -0.3 is 5.11 Å². The lowest BCUT2D eigenvalue weighted by atomic mass is 10.1. The van der Waals surface area contributed by atoms with Gasteiger partial charge in [-0.25, -0.2) is 9.78 Å². The van der Waals surface area contributed by atoms with E-state index in [1.165, 1.54) is 22.7 Å². The van der Waals surface area contributed by atoms with Crippen molar-refractivity contribution >= 4 is 22.5 Å². The van der Waals surface area contributed by atoms with Gasteiger partial charge in [0.05, 0.1) is 10.9 Å². The number of carboxylic acids is 1. The number of fused-ring (bicyclic) bond motifs is 2. The third-order valence-corrected chi connectivity index (χ3v) is 3.03. The van der Waals surface area contributed by atoms with Crippen molar-refractivity contribution in [3.8, 4) is 0 Å². The van der Waals surface area contributed by atoms with Gasteiger partial charge in [0.1, 0.15) is 5.56 Å². The normalized spacial score (nSPS) is 11.0. The maximum Gasteiger partial charge on any atom is 0.339 e. The molecule has 5 nitrogen and oxygen atoms in total. The van der Waals surface area contributed by atoms with Gasteiger partial charge in [0.2, 0.25) is 0 Å². The van der Waals surface area contributed by atoms with Gasteiger partial charge in [0, 0.05) is 6.20 Å². The van der Waals surface area contributed by atoms with Crippen LogP contribution in [0, 0.1) is 6.92 Å². The maximum atomic E-state index is 12.3. The Balaban J connectivity index is 2.57. The molecule has 0 spiro atoms. The Morgan fingerprint density at radius 3 is 2.84 bits per heavy atom. The predicted octanol–water partition coefficient (Wildman–Crippen LogP) is 1.85. The number of aryl methyl sites for hydroxylation is 1. The third kappa shape index (κ3) is 1.67. The van der Waals surface area contributed by atoms with E-state index in [-0.39, 0.29) is 16.8 Å². The van der Waals surface area contributed by atoms with Crippen LogP contribution in [0.5, 0.6) is 0 Å². The van der Waals surface area contributed by atoms with Crippen molar-refractivity contribution in [3.05, 3.63) is 58.0 Å². The highest BCUT2D eigenvalue weighted by Crippen LogP contribution is 2.14. The van der Waals surface area contributed by atoms with Gasteiger partial charge in [-0.2, -0.15) is 0 Å². The molecule has 0 atom stereocenters. The summed E-state index contributed by atoms with van der Waals surface area (Å²) in [7, 11) is 0. The van der Waals surface area contributed by atoms with Gasteiger partial charge in [0.15, 0.2) is 5.65 Å². The fourth-order valence-corrected chi connectivity index (χ4v) is 2.11. The fourth-order valence-electron chi connectivity index (χ4n) is 2.11. The average Bonchev–Trinajstić information content (AvgIpc) is 2.39. The molecule has 0 unspecified atom stereocenters. The molecule has 3 rings (SSSR count). The molecule has 0 saturated carbocycles. The van der Waals surface area contributed by atoms with Gasteiger partial charge >= 0.3 is 5.97 Å². The molecule has 3 aromatic rings. The number of carbonyl (C=O) groups is 1. The molecule has 0 aliphatic rings. The summed E-state index contributed by atoms with van der Waals surface area (Å²) in [6.45, 7) is 1.89. The van der Waals surface area contributed by atoms with E-state index in [1.54, 1.807) is 12.1 Å². The number of hydrogen-bond donors (Lipinski definition) is 1. The molecular formula is C14H10N2O3. The van der Waals surface area contributed by atoms with Crippen molar-refractivity contribution in [1.29, 1.82) is 0 Å². The molecular weight excluding hydrogens is 244 g/mol. The minimum atomic E-state index is -1.10. The number of benzene rings is 1. The smallest absolute Gasteiger partial charge is 0.339 e. The van der Waals surface area contributed by atoms with Crippen LogP contribution in [-0.2, 0) is 0 Å². The zero-order valence-electron chi connectivity index (χ0n) is 10.1. The zero-order chi connectivity index (χ0) is 13.6. The third-order valence-electron chi connectivity index (χ3n) is 3.03. The molecule has 1 N–H and O–H groups in total. The monoisotopic (exact) mass is 254 g/mol. The molecule has 0 amide bonds. The van der Waals surface area contributed by atoms with Crippen LogP contribution in [0.2, 0.25) is 0 Å². The van der Waals surface area contributed by atoms with Crippen molar-refractivity contribution in [2.24, 2.45) is 0 Å². The maximum absolute atomic E-state index is 12.3. The van der Waals surface area contributed by atoms with Crippen LogP contribution in [0.1, 0.15) is 15.9 Å². The SMILES string of the molecule is Cc1ccc2nc3c(C(=O)O)cccn3c(=O)c2c1. The molecule has 2 aromatic heterocycles. The molecule has 2 heterocycles. The first kappa shape index (κ1) is 11.4. The summed E-state index contributed by atoms with van der Waals surface area (Å²) < 4.78 is 1.27. The number of hydrogen-bond acceptors (Lipinski definition) is 3. The molecule has 0 aliphatic heterocycles. The lowest BCUT2D eigenvalue weighted by molar-refractivity contribution is 0.0698. The van der Waals surface area contributed by atoms with Crippen LogP contribution < -0.4 is 5.56 Å². The summed E-state index contributed by atoms with van der Waals surface area (Å²) in [6.07, 6.45) is 1.53. The molecule has 0 saturated heterocycles. The number of nitrogens with zero attached hydrogens (tertiary/aromatic N) is 2. The van der Waals surface area contributed by atoms with Gasteiger partial charge in [-0.3, -0.25) is 9.20 Å². The van der Waals surface area contributed by atoms with E-state index in [0.717, 1.165) is 5.56 Å². The Morgan fingerprint density at radius 2 is 2.11 bits per heavy atom. The fraction of sp³-hybridized carbons (Fsp3) is 0.0714. The number of rotatable bonds is 1. The second kappa shape index (κ2) is 3.91. The van der Waals surface area contributed by atoms with E-state index in [1.807, 2.05) is 13.0 Å². The number of aromatic nitrogens is 2. The van der Waals surface area contributed by atoms with Crippen LogP contribution in [-0.4, -0.2) is 20.5 Å². The van der Waals surface area contributed by atoms with Crippen LogP contribution in [0.4, 0.5) is 0 Å². The lowest BCUT2D eigenvalue weighted by Gasteiger charge is -2.06. The van der Waals surface area contributed by atoms with Crippen molar-refractivity contribution < 1.29 is 9.90 Å². The van der Waals surface area contributed by atoms with Gasteiger partial charge in [-0.15, -0.1) is 0 Å². The van der Waals surface area contributed by atoms with E-state index in [2.05, 4.69) is 4.98 Å². The summed E-state index contributed by atoms with van der Waals surface area (Å²) in [5.41, 5.74) is 1.38. The van der Waals surface area contributed by atoms with E-state index >= 15 is 0 Å². The predicted molar refractivity (Wildman–Crippen MR) is 70.7 cm³/mol. The Kier molecular flexibility index (Phi) is 2.35. The quantitative estimate of drug-likeness (QED) is 0.673. The summed E-state index contributed by atoms with van der Waals surface area (Å²) >= 11 is 0. The average molecular weight is 254 g/mol. The molecule has 94 valence electrons. The molecule has 0 bridgehead atoms. The van der Waals surface area contributed by atoms with Crippen molar-refractivity contribution in [2.45, 2.75) is 6.92 Å². The summed E-state index contributed by atoms with van der Waals surface area (Å²) in [5.74, 6) is -1.10. The summed E-state index contributed by atoms with van der Waals surface area (Å²) in [6, 6.07) is 8.29. The molecule has 0 radical (unpaired) electrons. The number of pyridine rings is 1. The van der Waals surface area contributed by atoms with E-state index in [0.29, 0.717) is 10.9 Å². The molecule has 0 fully saturated rings. The van der Waals surface area contributed by atoms with Crippen molar-refractivity contribution in [3.63, 3.8) is 0 Å². The van der Waals surface area contributed by atoms with Crippen LogP contribution in [0.25, 0.3) is 16.6 Å². The van der Waals surface area contributed by atoms with Gasteiger partial charge in [0.25, 0.3) is 5.56 Å². The highest BCUT2D eigenvalue weighted by molar-refractivity contribution is 5.95. The molecule has 1 aromatic carbocycles. The molecule has 19 heavy (non-hydrogen) atoms. The van der Waals surface area contributed by atoms with Crippen molar-refractivity contribution in [2.75, 3.05) is 0 Å². The molecule has 5 heteroatoms. The second-order valence-electron chi connectivity index (χ2n) is 4.36. The first-order chi connectivity index (χ1) is 9.08. The van der Waals surface area contributed by atoms with Crippen LogP contribution in [0.15, 0.2) is 41.3 Å². The van der Waals surface area contributed by atoms with Gasteiger partial charge in [-0.05, 0) is 31.2 Å². The summed E-state index contributed by atoms with van der Waals surface area (Å²) in [5, 5.41) is 9.62. The second-order valence-corrected chi connectivity index (χ2v) is 4.36. The van der Waals surface area contributed by atoms with Crippen LogP contribution >= 0.6 is 0 Å². The van der Waals surface area contributed by atoms with Crippen molar-refractivity contribution in [1.82, 2.24) is 9.38 Å². The zero-order valence-corrected chi connectivity index (χ0v) is 10.1. The highest BCUT2D eigenvalue weighted by Gasteiger charge is 2.12. The number of aromatic carboxylic acids is 1. The Labute approximate surface area is 107 Å². The highest BCUT2D eigenvalue weighted by atomic mass is 16.4. The Bertz CT molecular complexity index is 881. The topological polar surface area (TPSA) is 71.7 Å². The minimum absolute atomic E-state index is 0.0158. The van der Waals surface area contributed by atoms with E-state index in [9.17, 15) is 9.59 Å². The first-order valence-electron chi connectivity index (χ1n) is 5.73. The van der Waals surface area contributed by atoms with Gasteiger partial charge in [-0.1, -0.05) is 11.6 Å². The first-order valence-corrected chi connectivity index (χ1v) is 5.73. The molecule has 0 aliphatic carbocycles. The van der Waals surface area contributed by atoms with E-state index < -0.39 is 5.97 Å². The Morgan fingerprint density at radius 1 is 1.32 bits per heavy atom. The lowest BCUT2D eigenvalue weighted by Crippen LogP contribution is -2.17. The minimum Gasteiger partial charge on any atom is -0.478 e. The van der Waals surface area contributed by atoms with Crippen LogP contribution in [0.3, 0.4) is 0 Å². The van der Waals surface area contributed by atoms with E-state index in [4.69, 9.17) is 5.11 Å². The summed E-state index contributed by atoms with van der Waals surface area (Å²) in [4.78, 5) is 27.8. The number of carboxylic acid groups (broad SMARTS) is 1. The standard InChI is InChI=1S/C14H10N2O3/c1-8-4-5-11-10(7-8)13(17)16-6-2-3-9(14(18)19)12(16)15-11/h2-7H,1H3,(H,18,19). The Hall–Kier alpha value is -2.69.